The molecule has 0 aliphatic carbocycles. The van der Waals surface area contributed by atoms with Crippen molar-refractivity contribution in [2.75, 3.05) is 19.7 Å². The summed E-state index contributed by atoms with van der Waals surface area (Å²) in [6, 6.07) is 1.83. The second-order valence-corrected chi connectivity index (χ2v) is 5.16. The quantitative estimate of drug-likeness (QED) is 0.889. The van der Waals surface area contributed by atoms with Crippen LogP contribution in [0, 0.1) is 5.92 Å². The number of hydrogen-bond donors (Lipinski definition) is 1. The van der Waals surface area contributed by atoms with Crippen molar-refractivity contribution in [1.29, 1.82) is 0 Å². The highest BCUT2D eigenvalue weighted by atomic mass is 79.9. The Bertz CT molecular complexity index is 403. The zero-order chi connectivity index (χ0) is 11.7. The molecule has 4 nitrogen and oxygen atoms in total. The molecule has 1 saturated heterocycles. The van der Waals surface area contributed by atoms with E-state index in [1.807, 2.05) is 28.8 Å². The number of halogens is 1. The molecule has 1 atom stereocenters. The van der Waals surface area contributed by atoms with E-state index in [0.717, 1.165) is 17.4 Å². The molecule has 2 heterocycles. The van der Waals surface area contributed by atoms with Crippen LogP contribution in [0.15, 0.2) is 16.7 Å². The van der Waals surface area contributed by atoms with Crippen LogP contribution in [-0.4, -0.2) is 40.2 Å². The summed E-state index contributed by atoms with van der Waals surface area (Å²) >= 11 is 3.35. The molecule has 0 bridgehead atoms. The molecule has 5 heteroatoms. The number of aromatic nitrogens is 1. The van der Waals surface area contributed by atoms with Gasteiger partial charge in [-0.25, -0.2) is 0 Å². The van der Waals surface area contributed by atoms with Gasteiger partial charge in [0, 0.05) is 43.3 Å². The Labute approximate surface area is 103 Å². The van der Waals surface area contributed by atoms with Gasteiger partial charge in [-0.1, -0.05) is 0 Å². The lowest BCUT2D eigenvalue weighted by molar-refractivity contribution is 0.0772. The number of aliphatic hydroxyl groups excluding tert-OH is 1. The maximum atomic E-state index is 12.1. The van der Waals surface area contributed by atoms with Crippen LogP contribution in [0.1, 0.15) is 16.9 Å². The number of aryl methyl sites for hydroxylation is 1. The molecule has 0 saturated carbocycles. The third-order valence-electron chi connectivity index (χ3n) is 3.02. The molecule has 88 valence electrons. The fraction of sp³-hybridized carbons (Fsp3) is 0.545. The van der Waals surface area contributed by atoms with Crippen molar-refractivity contribution < 1.29 is 9.90 Å². The van der Waals surface area contributed by atoms with Gasteiger partial charge in [-0.2, -0.15) is 0 Å². The maximum Gasteiger partial charge on any atom is 0.270 e. The molecule has 1 fully saturated rings. The molecular weight excluding hydrogens is 272 g/mol. The summed E-state index contributed by atoms with van der Waals surface area (Å²) in [5, 5.41) is 9.04. The van der Waals surface area contributed by atoms with Crippen LogP contribution in [0.2, 0.25) is 0 Å². The molecule has 16 heavy (non-hydrogen) atoms. The molecule has 1 aromatic rings. The van der Waals surface area contributed by atoms with E-state index >= 15 is 0 Å². The summed E-state index contributed by atoms with van der Waals surface area (Å²) in [6.07, 6.45) is 2.76. The van der Waals surface area contributed by atoms with Gasteiger partial charge in [-0.3, -0.25) is 4.79 Å². The van der Waals surface area contributed by atoms with Crippen molar-refractivity contribution in [1.82, 2.24) is 9.47 Å². The second-order valence-electron chi connectivity index (χ2n) is 4.24. The first-order valence-corrected chi connectivity index (χ1v) is 6.13. The number of nitrogens with zero attached hydrogens (tertiary/aromatic N) is 2. The highest BCUT2D eigenvalue weighted by Gasteiger charge is 2.27. The van der Waals surface area contributed by atoms with Crippen LogP contribution < -0.4 is 0 Å². The minimum Gasteiger partial charge on any atom is -0.396 e. The highest BCUT2D eigenvalue weighted by Crippen LogP contribution is 2.20. The van der Waals surface area contributed by atoms with E-state index in [1.54, 1.807) is 0 Å². The number of carbonyl (C=O) groups excluding carboxylic acids is 1. The van der Waals surface area contributed by atoms with E-state index in [2.05, 4.69) is 15.9 Å². The van der Waals surface area contributed by atoms with Gasteiger partial charge >= 0.3 is 0 Å². The topological polar surface area (TPSA) is 45.5 Å². The largest absolute Gasteiger partial charge is 0.396 e. The minimum absolute atomic E-state index is 0.0455. The standard InChI is InChI=1S/C11H15BrN2O2/c1-13-6-9(12)4-10(13)11(16)14-3-2-8(5-14)7-15/h4,6,8,15H,2-3,5,7H2,1H3. The summed E-state index contributed by atoms with van der Waals surface area (Å²) in [7, 11) is 1.86. The van der Waals surface area contributed by atoms with Crippen LogP contribution in [0.25, 0.3) is 0 Å². The molecule has 1 amide bonds. The molecule has 1 unspecified atom stereocenters. The average Bonchev–Trinajstić information content (AvgIpc) is 2.84. The fourth-order valence-electron chi connectivity index (χ4n) is 2.06. The molecule has 1 N–H and O–H groups in total. The fourth-order valence-corrected chi connectivity index (χ4v) is 2.59. The lowest BCUT2D eigenvalue weighted by Gasteiger charge is -2.16. The Balaban J connectivity index is 2.11. The molecule has 1 aliphatic heterocycles. The van der Waals surface area contributed by atoms with Crippen molar-refractivity contribution in [2.24, 2.45) is 13.0 Å². The first-order valence-electron chi connectivity index (χ1n) is 5.34. The van der Waals surface area contributed by atoms with E-state index in [9.17, 15) is 4.79 Å². The van der Waals surface area contributed by atoms with Crippen LogP contribution in [0.5, 0.6) is 0 Å². The molecule has 1 aliphatic rings. The number of carbonyl (C=O) groups is 1. The predicted molar refractivity (Wildman–Crippen MR) is 64.2 cm³/mol. The van der Waals surface area contributed by atoms with Gasteiger partial charge in [-0.05, 0) is 28.4 Å². The summed E-state index contributed by atoms with van der Waals surface area (Å²) in [6.45, 7) is 1.58. The smallest absolute Gasteiger partial charge is 0.270 e. The van der Waals surface area contributed by atoms with Crippen molar-refractivity contribution >= 4 is 21.8 Å². The average molecular weight is 287 g/mol. The number of likely N-dealkylation sites (tertiary alicyclic amines) is 1. The Morgan fingerprint density at radius 3 is 2.94 bits per heavy atom. The van der Waals surface area contributed by atoms with Crippen molar-refractivity contribution in [2.45, 2.75) is 6.42 Å². The van der Waals surface area contributed by atoms with Crippen LogP contribution in [0.3, 0.4) is 0 Å². The van der Waals surface area contributed by atoms with Gasteiger partial charge in [0.15, 0.2) is 0 Å². The summed E-state index contributed by atoms with van der Waals surface area (Å²) in [4.78, 5) is 14.0. The van der Waals surface area contributed by atoms with Crippen LogP contribution >= 0.6 is 15.9 Å². The second kappa shape index (κ2) is 4.59. The zero-order valence-corrected chi connectivity index (χ0v) is 10.8. The Kier molecular flexibility index (Phi) is 3.35. The van der Waals surface area contributed by atoms with Crippen molar-refractivity contribution in [3.8, 4) is 0 Å². The number of rotatable bonds is 2. The number of aliphatic hydroxyl groups is 1. The minimum atomic E-state index is 0.0455. The molecule has 0 aromatic carbocycles. The van der Waals surface area contributed by atoms with Crippen LogP contribution in [0.4, 0.5) is 0 Å². The SMILES string of the molecule is Cn1cc(Br)cc1C(=O)N1CCC(CO)C1. The number of amides is 1. The lowest BCUT2D eigenvalue weighted by Crippen LogP contribution is -2.30. The third kappa shape index (κ3) is 2.15. The van der Waals surface area contributed by atoms with Gasteiger partial charge in [0.1, 0.15) is 5.69 Å². The van der Waals surface area contributed by atoms with E-state index in [1.165, 1.54) is 0 Å². The highest BCUT2D eigenvalue weighted by molar-refractivity contribution is 9.10. The molecule has 0 radical (unpaired) electrons. The summed E-state index contributed by atoms with van der Waals surface area (Å²) in [5.41, 5.74) is 0.686. The van der Waals surface area contributed by atoms with Gasteiger partial charge in [0.2, 0.25) is 0 Å². The summed E-state index contributed by atoms with van der Waals surface area (Å²) in [5.74, 6) is 0.289. The first kappa shape index (κ1) is 11.7. The van der Waals surface area contributed by atoms with Crippen molar-refractivity contribution in [3.05, 3.63) is 22.4 Å². The normalized spacial score (nSPS) is 20.4. The maximum absolute atomic E-state index is 12.1. The van der Waals surface area contributed by atoms with Gasteiger partial charge in [0.25, 0.3) is 5.91 Å². The van der Waals surface area contributed by atoms with Gasteiger partial charge in [-0.15, -0.1) is 0 Å². The van der Waals surface area contributed by atoms with Crippen molar-refractivity contribution in [3.63, 3.8) is 0 Å². The Morgan fingerprint density at radius 1 is 1.69 bits per heavy atom. The van der Waals surface area contributed by atoms with E-state index in [4.69, 9.17) is 5.11 Å². The molecule has 1 aromatic heterocycles. The van der Waals surface area contributed by atoms with Gasteiger partial charge in [0.05, 0.1) is 0 Å². The molecule has 2 rings (SSSR count). The first-order chi connectivity index (χ1) is 7.61. The van der Waals surface area contributed by atoms with E-state index < -0.39 is 0 Å². The molecular formula is C11H15BrN2O2. The Morgan fingerprint density at radius 2 is 2.44 bits per heavy atom. The third-order valence-corrected chi connectivity index (χ3v) is 3.46. The number of hydrogen-bond acceptors (Lipinski definition) is 2. The summed E-state index contributed by atoms with van der Waals surface area (Å²) < 4.78 is 2.73. The van der Waals surface area contributed by atoms with E-state index in [-0.39, 0.29) is 18.4 Å². The zero-order valence-electron chi connectivity index (χ0n) is 9.19. The predicted octanol–water partition coefficient (Wildman–Crippen LogP) is 1.24. The van der Waals surface area contributed by atoms with Gasteiger partial charge < -0.3 is 14.6 Å². The Hall–Kier alpha value is -0.810. The lowest BCUT2D eigenvalue weighted by atomic mass is 10.1. The van der Waals surface area contributed by atoms with E-state index in [0.29, 0.717) is 12.2 Å². The molecule has 0 spiro atoms. The van der Waals surface area contributed by atoms with Crippen LogP contribution in [-0.2, 0) is 7.05 Å². The monoisotopic (exact) mass is 286 g/mol.